The topological polar surface area (TPSA) is 49.7 Å². The molecule has 2 N–H and O–H groups in total. The van der Waals surface area contributed by atoms with Gasteiger partial charge in [0.25, 0.3) is 0 Å². The molecule has 0 aliphatic carbocycles. The van der Waals surface area contributed by atoms with Gasteiger partial charge in [0.2, 0.25) is 0 Å². The van der Waals surface area contributed by atoms with Gasteiger partial charge in [-0.1, -0.05) is 22.6 Å². The van der Waals surface area contributed by atoms with Crippen molar-refractivity contribution in [1.29, 1.82) is 0 Å². The summed E-state index contributed by atoms with van der Waals surface area (Å²) in [5, 5.41) is 18.0. The summed E-state index contributed by atoms with van der Waals surface area (Å²) in [6.45, 7) is 0.504. The molecule has 1 aliphatic heterocycles. The monoisotopic (exact) mass is 258 g/mol. The Hall–Kier alpha value is 0.610. The molecule has 60 valence electrons. The van der Waals surface area contributed by atoms with E-state index < -0.39 is 6.10 Å². The van der Waals surface area contributed by atoms with Crippen LogP contribution in [0.4, 0.5) is 0 Å². The van der Waals surface area contributed by atoms with Crippen LogP contribution in [0.3, 0.4) is 0 Å². The van der Waals surface area contributed by atoms with Gasteiger partial charge in [0.05, 0.1) is 19.3 Å². The maximum atomic E-state index is 9.36. The van der Waals surface area contributed by atoms with E-state index in [2.05, 4.69) is 22.6 Å². The molecule has 4 heteroatoms. The molecular formula is C6H11IO3. The minimum atomic E-state index is -0.470. The summed E-state index contributed by atoms with van der Waals surface area (Å²) in [7, 11) is 0. The first-order valence-electron chi connectivity index (χ1n) is 3.26. The smallest absolute Gasteiger partial charge is 0.107 e. The number of hydrogen-bond acceptors (Lipinski definition) is 3. The Kier molecular flexibility index (Phi) is 3.35. The van der Waals surface area contributed by atoms with Crippen molar-refractivity contribution in [3.05, 3.63) is 0 Å². The molecule has 0 aromatic rings. The molecule has 0 saturated carbocycles. The molecule has 1 rings (SSSR count). The Morgan fingerprint density at radius 1 is 1.60 bits per heavy atom. The van der Waals surface area contributed by atoms with Crippen molar-refractivity contribution < 1.29 is 14.9 Å². The van der Waals surface area contributed by atoms with E-state index in [1.54, 1.807) is 0 Å². The number of rotatable bonds is 2. The van der Waals surface area contributed by atoms with Crippen LogP contribution in [0, 0.1) is 5.92 Å². The minimum Gasteiger partial charge on any atom is -0.394 e. The lowest BCUT2D eigenvalue weighted by molar-refractivity contribution is 0.00225. The molecule has 0 aromatic heterocycles. The van der Waals surface area contributed by atoms with Gasteiger partial charge in [-0.05, 0) is 0 Å². The Morgan fingerprint density at radius 3 is 2.60 bits per heavy atom. The third-order valence-electron chi connectivity index (χ3n) is 1.77. The van der Waals surface area contributed by atoms with Gasteiger partial charge in [0.15, 0.2) is 0 Å². The largest absolute Gasteiger partial charge is 0.394 e. The van der Waals surface area contributed by atoms with E-state index in [9.17, 15) is 5.11 Å². The van der Waals surface area contributed by atoms with Crippen molar-refractivity contribution >= 4 is 22.6 Å². The molecule has 1 heterocycles. The van der Waals surface area contributed by atoms with E-state index in [1.165, 1.54) is 0 Å². The lowest BCUT2D eigenvalue weighted by atomic mass is 10.1. The fraction of sp³-hybridized carbons (Fsp3) is 1.00. The Morgan fingerprint density at radius 2 is 2.30 bits per heavy atom. The van der Waals surface area contributed by atoms with Crippen LogP contribution < -0.4 is 0 Å². The average Bonchev–Trinajstić information content (AvgIpc) is 2.30. The second-order valence-corrected chi connectivity index (χ2v) is 3.34. The predicted octanol–water partition coefficient (Wildman–Crippen LogP) is -0.210. The number of halogens is 1. The Bertz CT molecular complexity index is 97.2. The lowest BCUT2D eigenvalue weighted by Gasteiger charge is -2.12. The third-order valence-corrected chi connectivity index (χ3v) is 2.90. The first-order valence-corrected chi connectivity index (χ1v) is 4.78. The van der Waals surface area contributed by atoms with Gasteiger partial charge in [0.1, 0.15) is 6.10 Å². The highest BCUT2D eigenvalue weighted by Crippen LogP contribution is 2.21. The van der Waals surface area contributed by atoms with Gasteiger partial charge in [-0.3, -0.25) is 0 Å². The van der Waals surface area contributed by atoms with Gasteiger partial charge in [0, 0.05) is 10.3 Å². The van der Waals surface area contributed by atoms with Crippen LogP contribution in [0.15, 0.2) is 0 Å². The first-order chi connectivity index (χ1) is 4.79. The highest BCUT2D eigenvalue weighted by molar-refractivity contribution is 14.1. The molecule has 0 spiro atoms. The number of ether oxygens (including phenoxy) is 1. The molecule has 0 aromatic carbocycles. The second kappa shape index (κ2) is 3.85. The van der Waals surface area contributed by atoms with Crippen LogP contribution in [-0.4, -0.2) is 40.1 Å². The highest BCUT2D eigenvalue weighted by atomic mass is 127. The van der Waals surface area contributed by atoms with Gasteiger partial charge < -0.3 is 14.9 Å². The van der Waals surface area contributed by atoms with Crippen LogP contribution in [-0.2, 0) is 4.74 Å². The fourth-order valence-corrected chi connectivity index (χ4v) is 1.82. The van der Waals surface area contributed by atoms with E-state index in [-0.39, 0.29) is 18.6 Å². The zero-order valence-electron chi connectivity index (χ0n) is 5.53. The third kappa shape index (κ3) is 1.61. The molecule has 0 amide bonds. The van der Waals surface area contributed by atoms with Crippen LogP contribution in [0.5, 0.6) is 0 Å². The van der Waals surface area contributed by atoms with Crippen LogP contribution >= 0.6 is 22.6 Å². The van der Waals surface area contributed by atoms with Gasteiger partial charge in [-0.15, -0.1) is 0 Å². The average molecular weight is 258 g/mol. The van der Waals surface area contributed by atoms with E-state index in [1.807, 2.05) is 0 Å². The van der Waals surface area contributed by atoms with Crippen LogP contribution in [0.25, 0.3) is 0 Å². The van der Waals surface area contributed by atoms with E-state index in [4.69, 9.17) is 9.84 Å². The van der Waals surface area contributed by atoms with Crippen LogP contribution in [0.1, 0.15) is 0 Å². The van der Waals surface area contributed by atoms with Crippen LogP contribution in [0.2, 0.25) is 0 Å². The number of aliphatic hydroxyl groups excluding tert-OH is 2. The van der Waals surface area contributed by atoms with Crippen molar-refractivity contribution in [2.24, 2.45) is 5.92 Å². The Balaban J connectivity index is 2.41. The molecule has 0 bridgehead atoms. The fourth-order valence-electron chi connectivity index (χ4n) is 1.04. The molecule has 0 unspecified atom stereocenters. The normalized spacial score (nSPS) is 40.5. The van der Waals surface area contributed by atoms with Gasteiger partial charge in [-0.2, -0.15) is 0 Å². The van der Waals surface area contributed by atoms with E-state index in [0.717, 1.165) is 4.43 Å². The van der Waals surface area contributed by atoms with E-state index in [0.29, 0.717) is 6.61 Å². The summed E-state index contributed by atoms with van der Waals surface area (Å²) in [4.78, 5) is 0. The summed E-state index contributed by atoms with van der Waals surface area (Å²) in [6.07, 6.45) is -0.818. The lowest BCUT2D eigenvalue weighted by Crippen LogP contribution is -2.29. The molecule has 1 fully saturated rings. The zero-order valence-corrected chi connectivity index (χ0v) is 7.69. The van der Waals surface area contributed by atoms with Gasteiger partial charge >= 0.3 is 0 Å². The summed E-state index contributed by atoms with van der Waals surface area (Å²) in [5.41, 5.74) is 0. The Labute approximate surface area is 73.5 Å². The maximum absolute atomic E-state index is 9.36. The van der Waals surface area contributed by atoms with Crippen molar-refractivity contribution in [2.45, 2.75) is 12.2 Å². The molecule has 1 aliphatic rings. The summed E-state index contributed by atoms with van der Waals surface area (Å²) in [5.74, 6) is 0.206. The molecule has 0 radical (unpaired) electrons. The van der Waals surface area contributed by atoms with Crippen molar-refractivity contribution in [3.63, 3.8) is 0 Å². The molecule has 3 atom stereocenters. The minimum absolute atomic E-state index is 0.0751. The molecular weight excluding hydrogens is 247 g/mol. The summed E-state index contributed by atoms with van der Waals surface area (Å²) in [6, 6.07) is 0. The number of alkyl halides is 1. The van der Waals surface area contributed by atoms with Crippen molar-refractivity contribution in [2.75, 3.05) is 17.6 Å². The number of hydrogen-bond donors (Lipinski definition) is 2. The standard InChI is InChI=1S/C6H11IO3/c7-1-4-3-10-5(2-8)6(4)9/h4-6,8-9H,1-3H2/t4-,5-,6+/m0/s1. The highest BCUT2D eigenvalue weighted by Gasteiger charge is 2.34. The SMILES string of the molecule is OC[C@@H]1OC[C@H](CI)[C@H]1O. The zero-order chi connectivity index (χ0) is 7.56. The quantitative estimate of drug-likeness (QED) is 0.532. The molecule has 3 nitrogen and oxygen atoms in total. The van der Waals surface area contributed by atoms with Crippen molar-refractivity contribution in [3.8, 4) is 0 Å². The maximum Gasteiger partial charge on any atom is 0.107 e. The first kappa shape index (κ1) is 8.70. The van der Waals surface area contributed by atoms with E-state index >= 15 is 0 Å². The van der Waals surface area contributed by atoms with Gasteiger partial charge in [-0.25, -0.2) is 0 Å². The summed E-state index contributed by atoms with van der Waals surface area (Å²) >= 11 is 2.21. The molecule has 10 heavy (non-hydrogen) atoms. The summed E-state index contributed by atoms with van der Waals surface area (Å²) < 4.78 is 6.00. The number of aliphatic hydroxyl groups is 2. The molecule has 1 saturated heterocycles. The van der Waals surface area contributed by atoms with Crippen molar-refractivity contribution in [1.82, 2.24) is 0 Å². The predicted molar refractivity (Wildman–Crippen MR) is 45.2 cm³/mol. The second-order valence-electron chi connectivity index (χ2n) is 2.46.